The van der Waals surface area contributed by atoms with Crippen molar-refractivity contribution in [1.82, 2.24) is 0 Å². The van der Waals surface area contributed by atoms with Crippen molar-refractivity contribution in [2.24, 2.45) is 0 Å². The van der Waals surface area contributed by atoms with Crippen molar-refractivity contribution in [2.45, 2.75) is 6.92 Å². The summed E-state index contributed by atoms with van der Waals surface area (Å²) in [5.41, 5.74) is 2.15. The fourth-order valence-electron chi connectivity index (χ4n) is 1.04. The molecule has 1 aromatic rings. The molecule has 0 saturated carbocycles. The van der Waals surface area contributed by atoms with Crippen LogP contribution in [0.5, 0.6) is 0 Å². The largest absolute Gasteiger partial charge is 0.291 e. The van der Waals surface area contributed by atoms with Crippen LogP contribution in [0.25, 0.3) is 0 Å². The first kappa shape index (κ1) is 9.95. The van der Waals surface area contributed by atoms with E-state index in [0.29, 0.717) is 0 Å². The van der Waals surface area contributed by atoms with Gasteiger partial charge in [0.2, 0.25) is 0 Å². The Kier molecular flexibility index (Phi) is 2.85. The second kappa shape index (κ2) is 3.72. The van der Waals surface area contributed by atoms with Crippen molar-refractivity contribution >= 4 is 22.5 Å². The zero-order valence-electron chi connectivity index (χ0n) is 6.77. The minimum atomic E-state index is -0.882. The van der Waals surface area contributed by atoms with Gasteiger partial charge in [0, 0.05) is 0 Å². The van der Waals surface area contributed by atoms with E-state index in [9.17, 15) is 9.18 Å². The van der Waals surface area contributed by atoms with Crippen LogP contribution in [0.2, 0.25) is 0 Å². The molecule has 2 N–H and O–H groups in total. The molecule has 0 bridgehead atoms. The first-order valence-corrected chi connectivity index (χ1v) is 3.84. The lowest BCUT2D eigenvalue weighted by atomic mass is 10.1. The zero-order chi connectivity index (χ0) is 10.0. The molecule has 1 aromatic carbocycles. The molecule has 0 spiro atoms. The Bertz CT molecular complexity index is 354. The van der Waals surface area contributed by atoms with E-state index in [4.69, 9.17) is 16.8 Å². The Balaban J connectivity index is 3.38. The normalized spacial score (nSPS) is 9.85. The van der Waals surface area contributed by atoms with Crippen molar-refractivity contribution < 1.29 is 14.4 Å². The fraction of sp³-hybridized carbons (Fsp3) is 0.125. The Morgan fingerprint density at radius 3 is 2.69 bits per heavy atom. The summed E-state index contributed by atoms with van der Waals surface area (Å²) in [5, 5.41) is 7.71. The molecule has 0 aliphatic carbocycles. The van der Waals surface area contributed by atoms with E-state index >= 15 is 0 Å². The summed E-state index contributed by atoms with van der Waals surface area (Å²) in [4.78, 5) is 10.8. The molecule has 0 heterocycles. The maximum atomic E-state index is 13.0. The molecule has 0 radical (unpaired) electrons. The highest BCUT2D eigenvalue weighted by atomic mass is 35.5. The van der Waals surface area contributed by atoms with E-state index in [-0.39, 0.29) is 16.8 Å². The molecule has 0 aliphatic heterocycles. The molecule has 5 heteroatoms. The van der Waals surface area contributed by atoms with Gasteiger partial charge < -0.3 is 0 Å². The van der Waals surface area contributed by atoms with Crippen LogP contribution in [0.15, 0.2) is 12.1 Å². The highest BCUT2D eigenvalue weighted by molar-refractivity contribution is 6.68. The van der Waals surface area contributed by atoms with Crippen LogP contribution in [0.4, 0.5) is 10.1 Å². The molecule has 1 rings (SSSR count). The molecule has 0 atom stereocenters. The topological polar surface area (TPSA) is 49.3 Å². The molecule has 0 saturated heterocycles. The van der Waals surface area contributed by atoms with Crippen molar-refractivity contribution in [3.63, 3.8) is 0 Å². The minimum Gasteiger partial charge on any atom is -0.291 e. The van der Waals surface area contributed by atoms with Crippen LogP contribution < -0.4 is 5.48 Å². The molecule has 0 amide bonds. The van der Waals surface area contributed by atoms with Gasteiger partial charge in [-0.3, -0.25) is 15.5 Å². The Hall–Kier alpha value is -1.13. The predicted molar refractivity (Wildman–Crippen MR) is 46.7 cm³/mol. The van der Waals surface area contributed by atoms with Crippen LogP contribution in [0, 0.1) is 12.7 Å². The maximum Gasteiger partial charge on any atom is 0.255 e. The summed E-state index contributed by atoms with van der Waals surface area (Å²) in [5.74, 6) is -0.698. The van der Waals surface area contributed by atoms with Gasteiger partial charge >= 0.3 is 0 Å². The molecular formula is C8H7ClFNO2. The van der Waals surface area contributed by atoms with Gasteiger partial charge in [-0.1, -0.05) is 0 Å². The second-order valence-electron chi connectivity index (χ2n) is 2.48. The molecular weight excluding hydrogens is 197 g/mol. The Morgan fingerprint density at radius 2 is 2.23 bits per heavy atom. The lowest BCUT2D eigenvalue weighted by Crippen LogP contribution is -2.02. The predicted octanol–water partition coefficient (Wildman–Crippen LogP) is 2.31. The highest BCUT2D eigenvalue weighted by Crippen LogP contribution is 2.22. The van der Waals surface area contributed by atoms with Crippen LogP contribution in [0.3, 0.4) is 0 Å². The average Bonchev–Trinajstić information content (AvgIpc) is 2.04. The van der Waals surface area contributed by atoms with Gasteiger partial charge in [-0.25, -0.2) is 4.39 Å². The third-order valence-corrected chi connectivity index (χ3v) is 1.92. The first-order chi connectivity index (χ1) is 6.07. The third kappa shape index (κ3) is 1.79. The van der Waals surface area contributed by atoms with Gasteiger partial charge in [0.1, 0.15) is 5.82 Å². The molecule has 70 valence electrons. The first-order valence-electron chi connectivity index (χ1n) is 3.47. The number of carbonyl (C=O) groups is 1. The smallest absolute Gasteiger partial charge is 0.255 e. The molecule has 3 nitrogen and oxygen atoms in total. The Labute approximate surface area is 79.1 Å². The maximum absolute atomic E-state index is 13.0. The standard InChI is InChI=1S/C8H7ClFNO2/c1-4-6(11-13)3-2-5(10)7(4)8(9)12/h2-3,11,13H,1H3. The van der Waals surface area contributed by atoms with Gasteiger partial charge in [0.25, 0.3) is 5.24 Å². The number of hydrogen-bond acceptors (Lipinski definition) is 3. The third-order valence-electron chi connectivity index (χ3n) is 1.73. The van der Waals surface area contributed by atoms with Gasteiger partial charge in [-0.15, -0.1) is 0 Å². The van der Waals surface area contributed by atoms with Crippen LogP contribution >= 0.6 is 11.6 Å². The zero-order valence-corrected chi connectivity index (χ0v) is 7.52. The lowest BCUT2D eigenvalue weighted by molar-refractivity contribution is 0.107. The minimum absolute atomic E-state index is 0.222. The number of carbonyl (C=O) groups excluding carboxylic acids is 1. The molecule has 0 unspecified atom stereocenters. The summed E-state index contributed by atoms with van der Waals surface area (Å²) < 4.78 is 13.0. The summed E-state index contributed by atoms with van der Waals surface area (Å²) in [6, 6.07) is 2.37. The number of anilines is 1. The number of halogens is 2. The van der Waals surface area contributed by atoms with E-state index in [2.05, 4.69) is 0 Å². The number of benzene rings is 1. The van der Waals surface area contributed by atoms with E-state index in [1.165, 1.54) is 13.0 Å². The summed E-state index contributed by atoms with van der Waals surface area (Å²) >= 11 is 5.15. The quantitative estimate of drug-likeness (QED) is 0.573. The number of nitrogens with one attached hydrogen (secondary N) is 1. The van der Waals surface area contributed by atoms with Crippen LogP contribution in [-0.4, -0.2) is 10.4 Å². The summed E-state index contributed by atoms with van der Waals surface area (Å²) in [6.07, 6.45) is 0. The summed E-state index contributed by atoms with van der Waals surface area (Å²) in [6.45, 7) is 1.48. The highest BCUT2D eigenvalue weighted by Gasteiger charge is 2.14. The van der Waals surface area contributed by atoms with Gasteiger partial charge in [-0.05, 0) is 36.2 Å². The van der Waals surface area contributed by atoms with Crippen molar-refractivity contribution in [2.75, 3.05) is 5.48 Å². The van der Waals surface area contributed by atoms with Crippen molar-refractivity contribution in [3.8, 4) is 0 Å². The van der Waals surface area contributed by atoms with Crippen LogP contribution in [-0.2, 0) is 0 Å². The lowest BCUT2D eigenvalue weighted by Gasteiger charge is -2.07. The van der Waals surface area contributed by atoms with E-state index < -0.39 is 11.1 Å². The molecule has 0 aromatic heterocycles. The van der Waals surface area contributed by atoms with Gasteiger partial charge in [0.15, 0.2) is 0 Å². The average molecular weight is 204 g/mol. The van der Waals surface area contributed by atoms with Gasteiger partial charge in [-0.2, -0.15) is 0 Å². The van der Waals surface area contributed by atoms with Gasteiger partial charge in [0.05, 0.1) is 11.3 Å². The fourth-order valence-corrected chi connectivity index (χ4v) is 1.27. The summed E-state index contributed by atoms with van der Waals surface area (Å²) in [7, 11) is 0. The molecule has 13 heavy (non-hydrogen) atoms. The molecule has 0 fully saturated rings. The van der Waals surface area contributed by atoms with E-state index in [1.807, 2.05) is 5.48 Å². The number of hydrogen-bond donors (Lipinski definition) is 2. The van der Waals surface area contributed by atoms with Crippen molar-refractivity contribution in [3.05, 3.63) is 29.1 Å². The van der Waals surface area contributed by atoms with E-state index in [1.54, 1.807) is 0 Å². The monoisotopic (exact) mass is 203 g/mol. The number of rotatable bonds is 2. The van der Waals surface area contributed by atoms with E-state index in [0.717, 1.165) is 6.07 Å². The molecule has 0 aliphatic rings. The Morgan fingerprint density at radius 1 is 1.62 bits per heavy atom. The second-order valence-corrected chi connectivity index (χ2v) is 2.82. The van der Waals surface area contributed by atoms with Crippen molar-refractivity contribution in [1.29, 1.82) is 0 Å². The SMILES string of the molecule is Cc1c(NO)ccc(F)c1C(=O)Cl. The van der Waals surface area contributed by atoms with Crippen LogP contribution in [0.1, 0.15) is 15.9 Å².